The summed E-state index contributed by atoms with van der Waals surface area (Å²) in [5, 5.41) is 14.5. The number of carbonyl (C=O) groups excluding carboxylic acids is 1. The molecule has 116 valence electrons. The smallest absolute Gasteiger partial charge is 0.278 e. The van der Waals surface area contributed by atoms with Crippen molar-refractivity contribution in [2.45, 2.75) is 32.7 Å². The highest BCUT2D eigenvalue weighted by Gasteiger charge is 2.22. The van der Waals surface area contributed by atoms with Crippen LogP contribution in [0.3, 0.4) is 0 Å². The molecule has 2 N–H and O–H groups in total. The van der Waals surface area contributed by atoms with Gasteiger partial charge < -0.3 is 10.6 Å². The van der Waals surface area contributed by atoms with Gasteiger partial charge in [-0.15, -0.1) is 5.10 Å². The lowest BCUT2D eigenvalue weighted by Crippen LogP contribution is -2.30. The Bertz CT molecular complexity index is 656. The topological polar surface area (TPSA) is 71.8 Å². The maximum atomic E-state index is 12.4. The molecule has 1 aliphatic heterocycles. The first-order chi connectivity index (χ1) is 10.6. The van der Waals surface area contributed by atoms with E-state index in [1.54, 1.807) is 0 Å². The lowest BCUT2D eigenvalue weighted by atomic mass is 10.1. The number of nitrogens with zero attached hydrogens (tertiary/aromatic N) is 3. The van der Waals surface area contributed by atoms with Gasteiger partial charge in [-0.3, -0.25) is 4.79 Å². The van der Waals surface area contributed by atoms with Crippen LogP contribution in [0, 0.1) is 13.8 Å². The molecular formula is C16H21N5O. The molecule has 1 saturated heterocycles. The number of benzene rings is 1. The van der Waals surface area contributed by atoms with E-state index in [2.05, 4.69) is 20.9 Å². The molecule has 0 bridgehead atoms. The van der Waals surface area contributed by atoms with Crippen LogP contribution < -0.4 is 10.6 Å². The number of amides is 1. The van der Waals surface area contributed by atoms with E-state index in [1.165, 1.54) is 0 Å². The summed E-state index contributed by atoms with van der Waals surface area (Å²) in [6, 6.07) is 8.04. The average molecular weight is 299 g/mol. The minimum Gasteiger partial charge on any atom is -0.321 e. The molecule has 6 nitrogen and oxygen atoms in total. The van der Waals surface area contributed by atoms with Gasteiger partial charge in [0.05, 0.1) is 11.7 Å². The molecule has 3 rings (SSSR count). The van der Waals surface area contributed by atoms with Gasteiger partial charge in [0.15, 0.2) is 5.69 Å². The molecule has 1 amide bonds. The van der Waals surface area contributed by atoms with E-state index in [-0.39, 0.29) is 5.91 Å². The van der Waals surface area contributed by atoms with Gasteiger partial charge in [-0.1, -0.05) is 22.9 Å². The Morgan fingerprint density at radius 1 is 1.23 bits per heavy atom. The largest absolute Gasteiger partial charge is 0.321 e. The van der Waals surface area contributed by atoms with Gasteiger partial charge in [-0.05, 0) is 51.9 Å². The fraction of sp³-hybridized carbons (Fsp3) is 0.438. The molecule has 1 aromatic heterocycles. The van der Waals surface area contributed by atoms with Gasteiger partial charge in [-0.25, -0.2) is 4.68 Å². The van der Waals surface area contributed by atoms with Crippen LogP contribution in [-0.4, -0.2) is 34.0 Å². The number of piperidine rings is 1. The molecule has 0 saturated carbocycles. The van der Waals surface area contributed by atoms with Crippen molar-refractivity contribution in [2.24, 2.45) is 0 Å². The molecule has 0 radical (unpaired) electrons. The fourth-order valence-corrected chi connectivity index (χ4v) is 2.78. The summed E-state index contributed by atoms with van der Waals surface area (Å²) >= 11 is 0. The van der Waals surface area contributed by atoms with Crippen molar-refractivity contribution >= 4 is 11.6 Å². The summed E-state index contributed by atoms with van der Waals surface area (Å²) in [6.07, 6.45) is 2.03. The van der Waals surface area contributed by atoms with Gasteiger partial charge >= 0.3 is 0 Å². The summed E-state index contributed by atoms with van der Waals surface area (Å²) in [7, 11) is 0. The van der Waals surface area contributed by atoms with Gasteiger partial charge in [0, 0.05) is 5.69 Å². The Labute approximate surface area is 129 Å². The van der Waals surface area contributed by atoms with Crippen LogP contribution in [-0.2, 0) is 0 Å². The first-order valence-electron chi connectivity index (χ1n) is 7.65. The molecule has 6 heteroatoms. The highest BCUT2D eigenvalue weighted by molar-refractivity contribution is 6.03. The van der Waals surface area contributed by atoms with Gasteiger partial charge in [0.1, 0.15) is 0 Å². The second-order valence-electron chi connectivity index (χ2n) is 5.77. The molecule has 0 aliphatic carbocycles. The van der Waals surface area contributed by atoms with E-state index >= 15 is 0 Å². The average Bonchev–Trinajstić information content (AvgIpc) is 2.92. The molecule has 1 aliphatic rings. The predicted octanol–water partition coefficient (Wildman–Crippen LogP) is 2.07. The maximum absolute atomic E-state index is 12.4. The van der Waals surface area contributed by atoms with Crippen molar-refractivity contribution in [3.63, 3.8) is 0 Å². The van der Waals surface area contributed by atoms with E-state index in [0.717, 1.165) is 42.9 Å². The highest BCUT2D eigenvalue weighted by atomic mass is 16.2. The molecule has 0 unspecified atom stereocenters. The molecule has 2 aromatic rings. The molecule has 22 heavy (non-hydrogen) atoms. The van der Waals surface area contributed by atoms with E-state index in [9.17, 15) is 4.79 Å². The van der Waals surface area contributed by atoms with Crippen LogP contribution in [0.1, 0.15) is 40.6 Å². The monoisotopic (exact) mass is 299 g/mol. The van der Waals surface area contributed by atoms with Crippen molar-refractivity contribution < 1.29 is 4.79 Å². The Hall–Kier alpha value is -2.21. The quantitative estimate of drug-likeness (QED) is 0.910. The molecule has 0 spiro atoms. The zero-order chi connectivity index (χ0) is 15.5. The number of hydrogen-bond acceptors (Lipinski definition) is 4. The molecule has 0 atom stereocenters. The summed E-state index contributed by atoms with van der Waals surface area (Å²) in [4.78, 5) is 12.4. The number of aromatic nitrogens is 3. The van der Waals surface area contributed by atoms with E-state index in [4.69, 9.17) is 0 Å². The second-order valence-corrected chi connectivity index (χ2v) is 5.77. The van der Waals surface area contributed by atoms with Crippen molar-refractivity contribution in [2.75, 3.05) is 18.4 Å². The number of nitrogens with one attached hydrogen (secondary N) is 2. The SMILES string of the molecule is Cc1ccc(NC(=O)c2nnn(C3CCNCC3)c2C)cc1. The number of aryl methyl sites for hydroxylation is 1. The van der Waals surface area contributed by atoms with Crippen LogP contribution in [0.2, 0.25) is 0 Å². The Morgan fingerprint density at radius 2 is 1.91 bits per heavy atom. The van der Waals surface area contributed by atoms with Crippen molar-refractivity contribution in [1.29, 1.82) is 0 Å². The number of carbonyl (C=O) groups is 1. The molecule has 1 fully saturated rings. The Kier molecular flexibility index (Phi) is 4.20. The van der Waals surface area contributed by atoms with E-state index in [0.29, 0.717) is 11.7 Å². The van der Waals surface area contributed by atoms with E-state index in [1.807, 2.05) is 42.8 Å². The zero-order valence-electron chi connectivity index (χ0n) is 13.0. The van der Waals surface area contributed by atoms with Gasteiger partial charge in [0.25, 0.3) is 5.91 Å². The Balaban J connectivity index is 1.75. The van der Waals surface area contributed by atoms with Crippen molar-refractivity contribution in [1.82, 2.24) is 20.3 Å². The third-order valence-electron chi connectivity index (χ3n) is 4.11. The molecular weight excluding hydrogens is 278 g/mol. The summed E-state index contributed by atoms with van der Waals surface area (Å²) in [5.41, 5.74) is 3.16. The summed E-state index contributed by atoms with van der Waals surface area (Å²) in [5.74, 6) is -0.207. The van der Waals surface area contributed by atoms with Gasteiger partial charge in [0.2, 0.25) is 0 Å². The minimum atomic E-state index is -0.207. The fourth-order valence-electron chi connectivity index (χ4n) is 2.78. The maximum Gasteiger partial charge on any atom is 0.278 e. The number of hydrogen-bond donors (Lipinski definition) is 2. The first kappa shape index (κ1) is 14.7. The first-order valence-corrected chi connectivity index (χ1v) is 7.65. The van der Waals surface area contributed by atoms with Crippen molar-refractivity contribution in [3.05, 3.63) is 41.2 Å². The zero-order valence-corrected chi connectivity index (χ0v) is 13.0. The van der Waals surface area contributed by atoms with Crippen molar-refractivity contribution in [3.8, 4) is 0 Å². The standard InChI is InChI=1S/C16H21N5O/c1-11-3-5-13(6-4-11)18-16(22)15-12(2)21(20-19-15)14-7-9-17-10-8-14/h3-6,14,17H,7-10H2,1-2H3,(H,18,22). The van der Waals surface area contributed by atoms with E-state index < -0.39 is 0 Å². The lowest BCUT2D eigenvalue weighted by Gasteiger charge is -2.23. The normalized spacial score (nSPS) is 15.7. The third kappa shape index (κ3) is 3.01. The van der Waals surface area contributed by atoms with Crippen LogP contribution in [0.25, 0.3) is 0 Å². The number of rotatable bonds is 3. The van der Waals surface area contributed by atoms with Gasteiger partial charge in [-0.2, -0.15) is 0 Å². The molecule has 1 aromatic carbocycles. The summed E-state index contributed by atoms with van der Waals surface area (Å²) in [6.45, 7) is 5.89. The second kappa shape index (κ2) is 6.27. The van der Waals surface area contributed by atoms with Crippen LogP contribution in [0.5, 0.6) is 0 Å². The number of anilines is 1. The summed E-state index contributed by atoms with van der Waals surface area (Å²) < 4.78 is 1.89. The Morgan fingerprint density at radius 3 is 2.59 bits per heavy atom. The highest BCUT2D eigenvalue weighted by Crippen LogP contribution is 2.20. The van der Waals surface area contributed by atoms with Crippen LogP contribution >= 0.6 is 0 Å². The predicted molar refractivity (Wildman–Crippen MR) is 85.0 cm³/mol. The van der Waals surface area contributed by atoms with Crippen LogP contribution in [0.15, 0.2) is 24.3 Å². The van der Waals surface area contributed by atoms with Crippen LogP contribution in [0.4, 0.5) is 5.69 Å². The lowest BCUT2D eigenvalue weighted by molar-refractivity contribution is 0.102. The third-order valence-corrected chi connectivity index (χ3v) is 4.11. The minimum absolute atomic E-state index is 0.207. The molecule has 2 heterocycles.